The lowest BCUT2D eigenvalue weighted by molar-refractivity contribution is -0.137. The number of piperazine rings is 1. The molecule has 0 bridgehead atoms. The molecule has 10 nitrogen and oxygen atoms in total. The number of halogens is 2. The first-order chi connectivity index (χ1) is 17.9. The summed E-state index contributed by atoms with van der Waals surface area (Å²) < 4.78 is 16.7. The van der Waals surface area contributed by atoms with Crippen LogP contribution in [-0.4, -0.2) is 93.1 Å². The highest BCUT2D eigenvalue weighted by atomic mass is 35.5. The van der Waals surface area contributed by atoms with Crippen LogP contribution in [0.5, 0.6) is 0 Å². The number of imidazole rings is 1. The van der Waals surface area contributed by atoms with Crippen LogP contribution in [0.15, 0.2) is 18.2 Å². The minimum atomic E-state index is -1.02. The van der Waals surface area contributed by atoms with Gasteiger partial charge in [0.05, 0.1) is 11.3 Å². The van der Waals surface area contributed by atoms with Crippen LogP contribution in [0.2, 0.25) is 5.02 Å². The second kappa shape index (κ2) is 10.9. The number of hydrogen-bond acceptors (Lipinski definition) is 5. The predicted molar refractivity (Wildman–Crippen MR) is 140 cm³/mol. The lowest BCUT2D eigenvalue weighted by Gasteiger charge is -2.38. The number of rotatable bonds is 4. The first-order valence-corrected chi connectivity index (χ1v) is 13.1. The molecule has 1 fully saturated rings. The molecule has 38 heavy (non-hydrogen) atoms. The average Bonchev–Trinajstić information content (AvgIpc) is 3.08. The van der Waals surface area contributed by atoms with E-state index in [1.54, 1.807) is 4.90 Å². The molecule has 0 radical (unpaired) electrons. The van der Waals surface area contributed by atoms with Gasteiger partial charge in [0.25, 0.3) is 5.91 Å². The summed E-state index contributed by atoms with van der Waals surface area (Å²) in [5, 5.41) is 12.5. The molecule has 12 heteroatoms. The van der Waals surface area contributed by atoms with Crippen molar-refractivity contribution in [2.45, 2.75) is 46.3 Å². The first kappa shape index (κ1) is 27.8. The molecule has 2 aliphatic heterocycles. The highest BCUT2D eigenvalue weighted by Gasteiger charge is 2.38. The van der Waals surface area contributed by atoms with Gasteiger partial charge in [-0.15, -0.1) is 0 Å². The Morgan fingerprint density at radius 3 is 2.37 bits per heavy atom. The fraction of sp³-hybridized carbons (Fsp3) is 0.538. The maximum absolute atomic E-state index is 14.9. The van der Waals surface area contributed by atoms with Gasteiger partial charge in [-0.2, -0.15) is 0 Å². The summed E-state index contributed by atoms with van der Waals surface area (Å²) in [7, 11) is 1.95. The summed E-state index contributed by atoms with van der Waals surface area (Å²) in [6, 6.07) is 3.36. The smallest absolute Gasteiger partial charge is 0.407 e. The van der Waals surface area contributed by atoms with Crippen LogP contribution in [0.25, 0.3) is 11.4 Å². The second-order valence-corrected chi connectivity index (χ2v) is 11.4. The van der Waals surface area contributed by atoms with Crippen molar-refractivity contribution in [3.63, 3.8) is 0 Å². The van der Waals surface area contributed by atoms with Gasteiger partial charge < -0.3 is 29.7 Å². The van der Waals surface area contributed by atoms with E-state index in [1.165, 1.54) is 23.1 Å². The normalized spacial score (nSPS) is 17.5. The molecule has 206 valence electrons. The Bertz CT molecular complexity index is 1240. The molecule has 0 spiro atoms. The molecule has 3 heterocycles. The number of carbonyl (C=O) groups excluding carboxylic acids is 2. The molecule has 1 aromatic heterocycles. The number of carboxylic acid groups (broad SMARTS) is 1. The third-order valence-electron chi connectivity index (χ3n) is 7.05. The highest BCUT2D eigenvalue weighted by molar-refractivity contribution is 6.30. The maximum Gasteiger partial charge on any atom is 0.407 e. The minimum Gasteiger partial charge on any atom is -0.465 e. The van der Waals surface area contributed by atoms with Crippen LogP contribution in [0, 0.1) is 11.2 Å². The number of nitrogens with one attached hydrogen (secondary N) is 1. The van der Waals surface area contributed by atoms with Gasteiger partial charge in [-0.3, -0.25) is 9.59 Å². The van der Waals surface area contributed by atoms with Crippen molar-refractivity contribution < 1.29 is 23.9 Å². The van der Waals surface area contributed by atoms with Gasteiger partial charge in [0, 0.05) is 44.3 Å². The molecule has 1 atom stereocenters. The summed E-state index contributed by atoms with van der Waals surface area (Å²) in [5.74, 6) is -0.964. The SMILES string of the molecule is CN1CCCn2c(-c3cc(Cl)ccc3F)nc(C(=O)NC(C(=O)N3CCN(C(=O)O)CC3)C(C)(C)C)c2C1. The van der Waals surface area contributed by atoms with E-state index in [-0.39, 0.29) is 43.3 Å². The highest BCUT2D eigenvalue weighted by Crippen LogP contribution is 2.30. The van der Waals surface area contributed by atoms with E-state index in [2.05, 4.69) is 15.2 Å². The molecule has 2 N–H and O–H groups in total. The second-order valence-electron chi connectivity index (χ2n) is 11.0. The number of amides is 3. The van der Waals surface area contributed by atoms with Gasteiger partial charge >= 0.3 is 6.09 Å². The van der Waals surface area contributed by atoms with Crippen molar-refractivity contribution in [1.82, 2.24) is 29.6 Å². The molecular formula is C26H34ClFN6O4. The van der Waals surface area contributed by atoms with Crippen molar-refractivity contribution in [3.05, 3.63) is 40.4 Å². The topological polar surface area (TPSA) is 111 Å². The Morgan fingerprint density at radius 2 is 1.74 bits per heavy atom. The van der Waals surface area contributed by atoms with Gasteiger partial charge in [0.2, 0.25) is 5.91 Å². The molecule has 0 aliphatic carbocycles. The largest absolute Gasteiger partial charge is 0.465 e. The fourth-order valence-corrected chi connectivity index (χ4v) is 5.10. The van der Waals surface area contributed by atoms with Crippen molar-refractivity contribution in [3.8, 4) is 11.4 Å². The number of hydrogen-bond donors (Lipinski definition) is 2. The van der Waals surface area contributed by atoms with Crippen molar-refractivity contribution in [2.24, 2.45) is 5.41 Å². The van der Waals surface area contributed by atoms with Crippen molar-refractivity contribution >= 4 is 29.5 Å². The fourth-order valence-electron chi connectivity index (χ4n) is 4.93. The third kappa shape index (κ3) is 5.78. The van der Waals surface area contributed by atoms with Crippen molar-refractivity contribution in [2.75, 3.05) is 39.8 Å². The van der Waals surface area contributed by atoms with Crippen LogP contribution in [0.4, 0.5) is 9.18 Å². The Hall–Kier alpha value is -3.18. The third-order valence-corrected chi connectivity index (χ3v) is 7.28. The van der Waals surface area contributed by atoms with E-state index in [1.807, 2.05) is 32.4 Å². The minimum absolute atomic E-state index is 0.144. The summed E-state index contributed by atoms with van der Waals surface area (Å²) in [4.78, 5) is 48.1. The number of aromatic nitrogens is 2. The average molecular weight is 549 g/mol. The Morgan fingerprint density at radius 1 is 1.08 bits per heavy atom. The van der Waals surface area contributed by atoms with Crippen LogP contribution in [-0.2, 0) is 17.9 Å². The molecule has 1 aromatic carbocycles. The van der Waals surface area contributed by atoms with E-state index in [9.17, 15) is 23.9 Å². The zero-order chi connectivity index (χ0) is 27.8. The van der Waals surface area contributed by atoms with Crippen LogP contribution in [0.1, 0.15) is 43.4 Å². The molecule has 2 aliphatic rings. The standard InChI is InChI=1S/C26H34ClFN6O4/c1-26(2,3)21(24(36)32-10-12-33(13-11-32)25(37)38)30-23(35)20-19-15-31(4)8-5-9-34(19)22(29-20)17-14-16(27)6-7-18(17)28/h6-7,14,21H,5,8-13,15H2,1-4H3,(H,30,35)(H,37,38). The lowest BCUT2D eigenvalue weighted by atomic mass is 9.85. The molecule has 4 rings (SSSR count). The quantitative estimate of drug-likeness (QED) is 0.607. The van der Waals surface area contributed by atoms with Crippen molar-refractivity contribution in [1.29, 1.82) is 0 Å². The molecule has 2 aromatic rings. The molecule has 3 amide bonds. The zero-order valence-electron chi connectivity index (χ0n) is 22.1. The maximum atomic E-state index is 14.9. The Balaban J connectivity index is 1.66. The molecular weight excluding hydrogens is 515 g/mol. The van der Waals surface area contributed by atoms with Crippen LogP contribution < -0.4 is 5.32 Å². The molecule has 0 saturated carbocycles. The van der Waals surface area contributed by atoms with E-state index in [4.69, 9.17) is 11.6 Å². The summed E-state index contributed by atoms with van der Waals surface area (Å²) in [6.07, 6.45) is -0.225. The van der Waals surface area contributed by atoms with Gasteiger partial charge in [-0.1, -0.05) is 32.4 Å². The van der Waals surface area contributed by atoms with Gasteiger partial charge in [0.15, 0.2) is 5.69 Å². The number of fused-ring (bicyclic) bond motifs is 1. The Kier molecular flexibility index (Phi) is 7.98. The van der Waals surface area contributed by atoms with Gasteiger partial charge in [0.1, 0.15) is 17.7 Å². The summed E-state index contributed by atoms with van der Waals surface area (Å²) >= 11 is 6.16. The monoisotopic (exact) mass is 548 g/mol. The van der Waals surface area contributed by atoms with Crippen LogP contribution in [0.3, 0.4) is 0 Å². The van der Waals surface area contributed by atoms with Gasteiger partial charge in [-0.05, 0) is 43.6 Å². The van der Waals surface area contributed by atoms with E-state index in [0.29, 0.717) is 29.6 Å². The number of carbonyl (C=O) groups is 3. The number of nitrogens with zero attached hydrogens (tertiary/aromatic N) is 5. The van der Waals surface area contributed by atoms with E-state index < -0.39 is 29.3 Å². The molecule has 1 saturated heterocycles. The summed E-state index contributed by atoms with van der Waals surface area (Å²) in [5.41, 5.74) is 0.367. The first-order valence-electron chi connectivity index (χ1n) is 12.7. The van der Waals surface area contributed by atoms with Gasteiger partial charge in [-0.25, -0.2) is 14.2 Å². The van der Waals surface area contributed by atoms with Crippen LogP contribution >= 0.6 is 11.6 Å². The Labute approximate surface area is 226 Å². The number of benzene rings is 1. The lowest BCUT2D eigenvalue weighted by Crippen LogP contribution is -2.59. The predicted octanol–water partition coefficient (Wildman–Crippen LogP) is 3.14. The zero-order valence-corrected chi connectivity index (χ0v) is 22.9. The van der Waals surface area contributed by atoms with E-state index >= 15 is 0 Å². The van der Waals surface area contributed by atoms with E-state index in [0.717, 1.165) is 13.0 Å². The summed E-state index contributed by atoms with van der Waals surface area (Å²) in [6.45, 7) is 8.27. The molecule has 1 unspecified atom stereocenters.